The molecule has 1 atom stereocenters. The van der Waals surface area contributed by atoms with E-state index in [-0.39, 0.29) is 24.3 Å². The van der Waals surface area contributed by atoms with Gasteiger partial charge < -0.3 is 0 Å². The molecule has 1 aliphatic rings. The van der Waals surface area contributed by atoms with Crippen LogP contribution in [0.15, 0.2) is 12.3 Å². The minimum absolute atomic E-state index is 0.0167. The van der Waals surface area contributed by atoms with Crippen molar-refractivity contribution in [1.29, 1.82) is 0 Å². The van der Waals surface area contributed by atoms with E-state index < -0.39 is 17.1 Å². The zero-order chi connectivity index (χ0) is 14.7. The van der Waals surface area contributed by atoms with E-state index in [0.29, 0.717) is 10.5 Å². The lowest BCUT2D eigenvalue weighted by molar-refractivity contribution is -0.179. The van der Waals surface area contributed by atoms with Crippen molar-refractivity contribution in [2.45, 2.75) is 36.9 Å². The summed E-state index contributed by atoms with van der Waals surface area (Å²) in [6, 6.07) is 1.50. The van der Waals surface area contributed by atoms with Crippen LogP contribution in [-0.4, -0.2) is 20.7 Å². The summed E-state index contributed by atoms with van der Waals surface area (Å²) in [5, 5.41) is -0.324. The fourth-order valence-corrected chi connectivity index (χ4v) is 2.70. The van der Waals surface area contributed by atoms with Crippen LogP contribution in [0.3, 0.4) is 0 Å². The second-order valence-corrected chi connectivity index (χ2v) is 6.04. The molecule has 1 fully saturated rings. The minimum atomic E-state index is -4.36. The number of imidazole rings is 1. The van der Waals surface area contributed by atoms with Crippen LogP contribution in [0, 0.1) is 0 Å². The average molecular weight is 324 g/mol. The van der Waals surface area contributed by atoms with Gasteiger partial charge in [-0.1, -0.05) is 11.6 Å². The van der Waals surface area contributed by atoms with Crippen LogP contribution in [0.4, 0.5) is 13.2 Å². The lowest BCUT2D eigenvalue weighted by Crippen LogP contribution is -2.36. The maximum Gasteiger partial charge on any atom is 0.412 e. The standard InChI is InChI=1S/C12H10Cl2F3N3/c1-6(13)9-19-8-4-7(14)5-18-10(8)20(9)11(2-3-11)12(15,16)17/h4-6H,2-3H2,1H3. The second-order valence-electron chi connectivity index (χ2n) is 4.95. The Kier molecular flexibility index (Phi) is 2.96. The molecule has 0 radical (unpaired) electrons. The SMILES string of the molecule is CC(Cl)c1nc2cc(Cl)cnc2n1C1(C(F)(F)F)CC1. The van der Waals surface area contributed by atoms with Crippen molar-refractivity contribution in [2.24, 2.45) is 0 Å². The third kappa shape index (κ3) is 1.89. The topological polar surface area (TPSA) is 30.7 Å². The molecule has 108 valence electrons. The van der Waals surface area contributed by atoms with E-state index in [9.17, 15) is 13.2 Å². The van der Waals surface area contributed by atoms with Gasteiger partial charge in [-0.05, 0) is 25.8 Å². The van der Waals surface area contributed by atoms with E-state index in [1.54, 1.807) is 6.92 Å². The number of hydrogen-bond donors (Lipinski definition) is 0. The van der Waals surface area contributed by atoms with Crippen molar-refractivity contribution in [2.75, 3.05) is 0 Å². The van der Waals surface area contributed by atoms with Crippen LogP contribution in [-0.2, 0) is 5.54 Å². The third-order valence-electron chi connectivity index (χ3n) is 3.52. The number of aromatic nitrogens is 3. The fourth-order valence-electron chi connectivity index (χ4n) is 2.40. The quantitative estimate of drug-likeness (QED) is 0.765. The van der Waals surface area contributed by atoms with Gasteiger partial charge >= 0.3 is 6.18 Å². The predicted molar refractivity (Wildman–Crippen MR) is 70.1 cm³/mol. The monoisotopic (exact) mass is 323 g/mol. The summed E-state index contributed by atoms with van der Waals surface area (Å²) in [6.45, 7) is 1.59. The van der Waals surface area contributed by atoms with Crippen molar-refractivity contribution in [1.82, 2.24) is 14.5 Å². The molecule has 0 saturated heterocycles. The van der Waals surface area contributed by atoms with Crippen LogP contribution in [0.2, 0.25) is 5.02 Å². The molecule has 2 aromatic heterocycles. The van der Waals surface area contributed by atoms with Crippen LogP contribution < -0.4 is 0 Å². The number of nitrogens with zero attached hydrogens (tertiary/aromatic N) is 3. The van der Waals surface area contributed by atoms with Gasteiger partial charge in [0.15, 0.2) is 5.65 Å². The first-order chi connectivity index (χ1) is 9.26. The maximum absolute atomic E-state index is 13.4. The number of rotatable bonds is 2. The van der Waals surface area contributed by atoms with Gasteiger partial charge in [0, 0.05) is 6.20 Å². The summed E-state index contributed by atoms with van der Waals surface area (Å²) in [5.41, 5.74) is -1.43. The van der Waals surface area contributed by atoms with Gasteiger partial charge in [0.05, 0.1) is 10.4 Å². The Morgan fingerprint density at radius 3 is 2.55 bits per heavy atom. The van der Waals surface area contributed by atoms with Crippen molar-refractivity contribution >= 4 is 34.4 Å². The molecule has 2 heterocycles. The second kappa shape index (κ2) is 4.24. The van der Waals surface area contributed by atoms with Gasteiger partial charge in [-0.25, -0.2) is 9.97 Å². The van der Waals surface area contributed by atoms with E-state index in [0.717, 1.165) is 4.57 Å². The lowest BCUT2D eigenvalue weighted by Gasteiger charge is -2.24. The number of fused-ring (bicyclic) bond motifs is 1. The smallest absolute Gasteiger partial charge is 0.296 e. The van der Waals surface area contributed by atoms with Crippen LogP contribution >= 0.6 is 23.2 Å². The molecule has 2 aromatic rings. The average Bonchev–Trinajstić information content (AvgIpc) is 3.05. The Bertz CT molecular complexity index is 674. The number of pyridine rings is 1. The van der Waals surface area contributed by atoms with Gasteiger partial charge in [-0.2, -0.15) is 13.2 Å². The molecule has 0 spiro atoms. The first-order valence-corrected chi connectivity index (χ1v) is 6.83. The Labute approximate surface area is 122 Å². The van der Waals surface area contributed by atoms with E-state index in [1.807, 2.05) is 0 Å². The number of alkyl halides is 4. The maximum atomic E-state index is 13.4. The molecule has 0 N–H and O–H groups in total. The highest BCUT2D eigenvalue weighted by Crippen LogP contribution is 2.57. The van der Waals surface area contributed by atoms with Crippen molar-refractivity contribution in [3.8, 4) is 0 Å². The van der Waals surface area contributed by atoms with Gasteiger partial charge in [-0.15, -0.1) is 11.6 Å². The third-order valence-corrected chi connectivity index (χ3v) is 3.93. The molecule has 8 heteroatoms. The molecule has 1 aliphatic carbocycles. The van der Waals surface area contributed by atoms with Crippen molar-refractivity contribution < 1.29 is 13.2 Å². The van der Waals surface area contributed by atoms with Crippen LogP contribution in [0.1, 0.15) is 31.0 Å². The lowest BCUT2D eigenvalue weighted by atomic mass is 10.2. The molecule has 0 aliphatic heterocycles. The summed E-state index contributed by atoms with van der Waals surface area (Å²) in [7, 11) is 0. The highest BCUT2D eigenvalue weighted by molar-refractivity contribution is 6.31. The summed E-state index contributed by atoms with van der Waals surface area (Å²) in [6.07, 6.45) is -3.01. The molecule has 0 bridgehead atoms. The largest absolute Gasteiger partial charge is 0.412 e. The van der Waals surface area contributed by atoms with E-state index >= 15 is 0 Å². The fraction of sp³-hybridized carbons (Fsp3) is 0.500. The van der Waals surface area contributed by atoms with E-state index in [1.165, 1.54) is 12.3 Å². The first-order valence-electron chi connectivity index (χ1n) is 6.01. The molecule has 3 nitrogen and oxygen atoms in total. The highest BCUT2D eigenvalue weighted by atomic mass is 35.5. The van der Waals surface area contributed by atoms with Crippen molar-refractivity contribution in [3.63, 3.8) is 0 Å². The zero-order valence-electron chi connectivity index (χ0n) is 10.4. The predicted octanol–water partition coefficient (Wildman–Crippen LogP) is 4.44. The Morgan fingerprint density at radius 2 is 2.05 bits per heavy atom. The molecule has 3 rings (SSSR count). The molecule has 0 amide bonds. The molecule has 1 saturated carbocycles. The Morgan fingerprint density at radius 1 is 1.40 bits per heavy atom. The summed E-state index contributed by atoms with van der Waals surface area (Å²) in [4.78, 5) is 8.19. The van der Waals surface area contributed by atoms with Gasteiger partial charge in [0.1, 0.15) is 16.9 Å². The zero-order valence-corrected chi connectivity index (χ0v) is 11.9. The van der Waals surface area contributed by atoms with E-state index in [2.05, 4.69) is 9.97 Å². The van der Waals surface area contributed by atoms with Crippen LogP contribution in [0.5, 0.6) is 0 Å². The number of halogens is 5. The van der Waals surface area contributed by atoms with Gasteiger partial charge in [0.25, 0.3) is 0 Å². The summed E-state index contributed by atoms with van der Waals surface area (Å²) in [5.74, 6) is 0.172. The molecule has 20 heavy (non-hydrogen) atoms. The molecular weight excluding hydrogens is 314 g/mol. The van der Waals surface area contributed by atoms with Gasteiger partial charge in [0.2, 0.25) is 0 Å². The van der Waals surface area contributed by atoms with E-state index in [4.69, 9.17) is 23.2 Å². The molecular formula is C12H10Cl2F3N3. The summed E-state index contributed by atoms with van der Waals surface area (Å²) < 4.78 is 41.2. The summed E-state index contributed by atoms with van der Waals surface area (Å²) >= 11 is 11.8. The molecule has 0 aromatic carbocycles. The van der Waals surface area contributed by atoms with Gasteiger partial charge in [-0.3, -0.25) is 4.57 Å². The first kappa shape index (κ1) is 13.9. The Balaban J connectivity index is 2.31. The Hall–Kier alpha value is -1.01. The van der Waals surface area contributed by atoms with Crippen LogP contribution in [0.25, 0.3) is 11.2 Å². The normalized spacial score (nSPS) is 19.3. The minimum Gasteiger partial charge on any atom is -0.296 e. The molecule has 1 unspecified atom stereocenters. The highest BCUT2D eigenvalue weighted by Gasteiger charge is 2.66. The number of hydrogen-bond acceptors (Lipinski definition) is 2. The van der Waals surface area contributed by atoms with Crippen molar-refractivity contribution in [3.05, 3.63) is 23.1 Å².